The van der Waals surface area contributed by atoms with Crippen molar-refractivity contribution in [2.75, 3.05) is 25.6 Å². The maximum atomic E-state index is 12.1. The predicted molar refractivity (Wildman–Crippen MR) is 87.7 cm³/mol. The van der Waals surface area contributed by atoms with Gasteiger partial charge in [0.1, 0.15) is 18.9 Å². The third kappa shape index (κ3) is 4.71. The van der Waals surface area contributed by atoms with Crippen molar-refractivity contribution < 1.29 is 23.9 Å². The first-order valence-electron chi connectivity index (χ1n) is 7.93. The Morgan fingerprint density at radius 1 is 1.33 bits per heavy atom. The SMILES string of the molecule is CCCC(=O)Nc1ccc2c(c1)C[C@@H](C(=O)NCC(=O)OC)CO2. The van der Waals surface area contributed by atoms with Gasteiger partial charge in [0, 0.05) is 12.1 Å². The summed E-state index contributed by atoms with van der Waals surface area (Å²) in [6, 6.07) is 5.39. The molecular weight excluding hydrogens is 312 g/mol. The molecule has 0 aromatic heterocycles. The minimum atomic E-state index is -0.499. The number of methoxy groups -OCH3 is 1. The number of fused-ring (bicyclic) bond motifs is 1. The molecule has 1 atom stereocenters. The molecule has 130 valence electrons. The van der Waals surface area contributed by atoms with Crippen molar-refractivity contribution >= 4 is 23.5 Å². The Kier molecular flexibility index (Phi) is 6.17. The fourth-order valence-electron chi connectivity index (χ4n) is 2.47. The molecule has 1 aliphatic heterocycles. The number of nitrogens with one attached hydrogen (secondary N) is 2. The van der Waals surface area contributed by atoms with E-state index in [2.05, 4.69) is 15.4 Å². The summed E-state index contributed by atoms with van der Waals surface area (Å²) in [5.74, 6) is -0.473. The summed E-state index contributed by atoms with van der Waals surface area (Å²) in [6.07, 6.45) is 1.73. The molecule has 1 heterocycles. The zero-order chi connectivity index (χ0) is 17.5. The van der Waals surface area contributed by atoms with Crippen LogP contribution in [-0.4, -0.2) is 38.0 Å². The van der Waals surface area contributed by atoms with Gasteiger partial charge in [-0.05, 0) is 36.6 Å². The van der Waals surface area contributed by atoms with Gasteiger partial charge in [0.05, 0.1) is 13.0 Å². The number of ether oxygens (including phenoxy) is 2. The average molecular weight is 334 g/mol. The summed E-state index contributed by atoms with van der Waals surface area (Å²) in [6.45, 7) is 2.03. The Hall–Kier alpha value is -2.57. The van der Waals surface area contributed by atoms with Crippen molar-refractivity contribution in [2.24, 2.45) is 5.92 Å². The molecule has 0 fully saturated rings. The molecular formula is C17H22N2O5. The lowest BCUT2D eigenvalue weighted by molar-refractivity contribution is -0.141. The number of amides is 2. The fraction of sp³-hybridized carbons (Fsp3) is 0.471. The second-order valence-electron chi connectivity index (χ2n) is 5.63. The number of hydrogen-bond donors (Lipinski definition) is 2. The molecule has 0 radical (unpaired) electrons. The van der Waals surface area contributed by atoms with Crippen LogP contribution in [0.15, 0.2) is 18.2 Å². The second kappa shape index (κ2) is 8.33. The normalized spacial score (nSPS) is 15.7. The van der Waals surface area contributed by atoms with Crippen LogP contribution in [-0.2, 0) is 25.5 Å². The van der Waals surface area contributed by atoms with E-state index in [1.54, 1.807) is 12.1 Å². The quantitative estimate of drug-likeness (QED) is 0.764. The number of esters is 1. The van der Waals surface area contributed by atoms with Crippen LogP contribution in [0.3, 0.4) is 0 Å². The Labute approximate surface area is 140 Å². The summed E-state index contributed by atoms with van der Waals surface area (Å²) in [5.41, 5.74) is 1.54. The highest BCUT2D eigenvalue weighted by Gasteiger charge is 2.26. The zero-order valence-electron chi connectivity index (χ0n) is 13.9. The van der Waals surface area contributed by atoms with Crippen molar-refractivity contribution in [1.82, 2.24) is 5.32 Å². The molecule has 0 unspecified atom stereocenters. The monoisotopic (exact) mass is 334 g/mol. The van der Waals surface area contributed by atoms with Gasteiger partial charge in [-0.25, -0.2) is 0 Å². The number of rotatable bonds is 6. The summed E-state index contributed by atoms with van der Waals surface area (Å²) in [5, 5.41) is 5.36. The molecule has 0 bridgehead atoms. The van der Waals surface area contributed by atoms with E-state index in [1.165, 1.54) is 7.11 Å². The molecule has 0 saturated heterocycles. The molecule has 7 heteroatoms. The fourth-order valence-corrected chi connectivity index (χ4v) is 2.47. The minimum absolute atomic E-state index is 0.0402. The Bertz CT molecular complexity index is 629. The molecule has 1 aromatic carbocycles. The van der Waals surface area contributed by atoms with Crippen LogP contribution in [0.1, 0.15) is 25.3 Å². The molecule has 24 heavy (non-hydrogen) atoms. The van der Waals surface area contributed by atoms with E-state index in [4.69, 9.17) is 4.74 Å². The third-order valence-corrected chi connectivity index (χ3v) is 3.73. The smallest absolute Gasteiger partial charge is 0.325 e. The van der Waals surface area contributed by atoms with E-state index in [0.717, 1.165) is 12.0 Å². The maximum Gasteiger partial charge on any atom is 0.325 e. The van der Waals surface area contributed by atoms with E-state index < -0.39 is 5.97 Å². The van der Waals surface area contributed by atoms with Crippen molar-refractivity contribution in [3.63, 3.8) is 0 Å². The topological polar surface area (TPSA) is 93.7 Å². The minimum Gasteiger partial charge on any atom is -0.492 e. The van der Waals surface area contributed by atoms with E-state index in [1.807, 2.05) is 13.0 Å². The van der Waals surface area contributed by atoms with Crippen molar-refractivity contribution in [3.05, 3.63) is 23.8 Å². The molecule has 0 aliphatic carbocycles. The van der Waals surface area contributed by atoms with Gasteiger partial charge in [0.25, 0.3) is 0 Å². The summed E-state index contributed by atoms with van der Waals surface area (Å²) >= 11 is 0. The molecule has 0 spiro atoms. The first-order valence-corrected chi connectivity index (χ1v) is 7.93. The van der Waals surface area contributed by atoms with Gasteiger partial charge in [-0.3, -0.25) is 14.4 Å². The lowest BCUT2D eigenvalue weighted by Crippen LogP contribution is -2.39. The van der Waals surface area contributed by atoms with Crippen LogP contribution >= 0.6 is 0 Å². The zero-order valence-corrected chi connectivity index (χ0v) is 13.9. The standard InChI is InChI=1S/C17H22N2O5/c1-3-4-15(20)19-13-5-6-14-11(8-13)7-12(10-24-14)17(22)18-9-16(21)23-2/h5-6,8,12H,3-4,7,9-10H2,1-2H3,(H,18,22)(H,19,20)/t12-/m1/s1. The first kappa shape index (κ1) is 17.8. The van der Waals surface area contributed by atoms with Gasteiger partial charge in [-0.2, -0.15) is 0 Å². The number of anilines is 1. The maximum absolute atomic E-state index is 12.1. The highest BCUT2D eigenvalue weighted by Crippen LogP contribution is 2.30. The summed E-state index contributed by atoms with van der Waals surface area (Å²) in [4.78, 5) is 34.9. The van der Waals surface area contributed by atoms with E-state index >= 15 is 0 Å². The van der Waals surface area contributed by atoms with Gasteiger partial charge < -0.3 is 20.1 Å². The van der Waals surface area contributed by atoms with Crippen molar-refractivity contribution in [1.29, 1.82) is 0 Å². The Morgan fingerprint density at radius 3 is 2.83 bits per heavy atom. The number of benzene rings is 1. The lowest BCUT2D eigenvalue weighted by atomic mass is 9.95. The molecule has 1 aliphatic rings. The Morgan fingerprint density at radius 2 is 2.12 bits per heavy atom. The average Bonchev–Trinajstić information content (AvgIpc) is 2.58. The second-order valence-corrected chi connectivity index (χ2v) is 5.63. The molecule has 0 saturated carbocycles. The Balaban J connectivity index is 1.99. The first-order chi connectivity index (χ1) is 11.5. The highest BCUT2D eigenvalue weighted by atomic mass is 16.5. The van der Waals surface area contributed by atoms with Crippen LogP contribution < -0.4 is 15.4 Å². The van der Waals surface area contributed by atoms with Crippen LogP contribution in [0, 0.1) is 5.92 Å². The van der Waals surface area contributed by atoms with Crippen molar-refractivity contribution in [2.45, 2.75) is 26.2 Å². The van der Waals surface area contributed by atoms with Crippen LogP contribution in [0.4, 0.5) is 5.69 Å². The van der Waals surface area contributed by atoms with Gasteiger partial charge in [-0.1, -0.05) is 6.92 Å². The van der Waals surface area contributed by atoms with Crippen molar-refractivity contribution in [3.8, 4) is 5.75 Å². The lowest BCUT2D eigenvalue weighted by Gasteiger charge is -2.25. The van der Waals surface area contributed by atoms with E-state index in [9.17, 15) is 14.4 Å². The molecule has 7 nitrogen and oxygen atoms in total. The van der Waals surface area contributed by atoms with E-state index in [-0.39, 0.29) is 30.9 Å². The molecule has 2 N–H and O–H groups in total. The summed E-state index contributed by atoms with van der Waals surface area (Å²) < 4.78 is 10.1. The van der Waals surface area contributed by atoms with Crippen LogP contribution in [0.2, 0.25) is 0 Å². The summed E-state index contributed by atoms with van der Waals surface area (Å²) in [7, 11) is 1.27. The largest absolute Gasteiger partial charge is 0.492 e. The third-order valence-electron chi connectivity index (χ3n) is 3.73. The van der Waals surface area contributed by atoms with Gasteiger partial charge in [-0.15, -0.1) is 0 Å². The molecule has 2 amide bonds. The molecule has 2 rings (SSSR count). The van der Waals surface area contributed by atoms with Crippen LogP contribution in [0.25, 0.3) is 0 Å². The van der Waals surface area contributed by atoms with E-state index in [0.29, 0.717) is 24.3 Å². The molecule has 1 aromatic rings. The van der Waals surface area contributed by atoms with Gasteiger partial charge in [0.2, 0.25) is 11.8 Å². The number of carbonyl (C=O) groups is 3. The predicted octanol–water partition coefficient (Wildman–Crippen LogP) is 1.27. The number of carbonyl (C=O) groups excluding carboxylic acids is 3. The number of hydrogen-bond acceptors (Lipinski definition) is 5. The van der Waals surface area contributed by atoms with Crippen LogP contribution in [0.5, 0.6) is 5.75 Å². The highest BCUT2D eigenvalue weighted by molar-refractivity contribution is 5.91. The van der Waals surface area contributed by atoms with Gasteiger partial charge in [0.15, 0.2) is 0 Å². The van der Waals surface area contributed by atoms with Gasteiger partial charge >= 0.3 is 5.97 Å².